The molecule has 0 atom stereocenters. The summed E-state index contributed by atoms with van der Waals surface area (Å²) < 4.78 is 14.1. The van der Waals surface area contributed by atoms with E-state index in [0.29, 0.717) is 6.54 Å². The van der Waals surface area contributed by atoms with Crippen molar-refractivity contribution in [3.8, 4) is 0 Å². The number of guanidine groups is 1. The summed E-state index contributed by atoms with van der Waals surface area (Å²) in [5, 5.41) is 9.97. The van der Waals surface area contributed by atoms with Crippen LogP contribution in [0.4, 0.5) is 4.39 Å². The molecular weight excluding hydrogens is 462 g/mol. The molecule has 0 bridgehead atoms. The summed E-state index contributed by atoms with van der Waals surface area (Å²) in [6, 6.07) is 7.09. The molecule has 0 radical (unpaired) electrons. The van der Waals surface area contributed by atoms with Gasteiger partial charge < -0.3 is 10.6 Å². The van der Waals surface area contributed by atoms with E-state index in [1.54, 1.807) is 30.5 Å². The summed E-state index contributed by atoms with van der Waals surface area (Å²) in [6.45, 7) is 3.60. The highest BCUT2D eigenvalue weighted by Gasteiger charge is 2.45. The van der Waals surface area contributed by atoms with Crippen molar-refractivity contribution in [3.63, 3.8) is 0 Å². The Morgan fingerprint density at radius 2 is 2.08 bits per heavy atom. The monoisotopic (exact) mass is 488 g/mol. The zero-order valence-electron chi connectivity index (χ0n) is 15.2. The molecule has 1 aliphatic rings. The third kappa shape index (κ3) is 5.16. The number of hydrogen-bond acceptors (Lipinski definition) is 3. The van der Waals surface area contributed by atoms with Crippen LogP contribution in [-0.4, -0.2) is 31.1 Å². The van der Waals surface area contributed by atoms with E-state index in [1.807, 2.05) is 12.1 Å². The lowest BCUT2D eigenvalue weighted by molar-refractivity contribution is 0.559. The highest BCUT2D eigenvalue weighted by atomic mass is 127. The molecule has 0 spiro atoms. The largest absolute Gasteiger partial charge is 0.356 e. The van der Waals surface area contributed by atoms with Gasteiger partial charge in [0.1, 0.15) is 5.82 Å². The van der Waals surface area contributed by atoms with E-state index < -0.39 is 0 Å². The second-order valence-corrected chi connectivity index (χ2v) is 7.39. The molecular formula is C19H26FIN4S. The predicted octanol–water partition coefficient (Wildman–Crippen LogP) is 3.90. The van der Waals surface area contributed by atoms with Crippen molar-refractivity contribution < 1.29 is 4.39 Å². The highest BCUT2D eigenvalue weighted by Crippen LogP contribution is 2.48. The second kappa shape index (κ2) is 9.64. The Bertz CT molecular complexity index is 743. The van der Waals surface area contributed by atoms with Crippen molar-refractivity contribution in [1.29, 1.82) is 0 Å². The fourth-order valence-corrected chi connectivity index (χ4v) is 3.77. The van der Waals surface area contributed by atoms with Gasteiger partial charge in [-0.25, -0.2) is 9.37 Å². The first kappa shape index (κ1) is 21.1. The van der Waals surface area contributed by atoms with Gasteiger partial charge in [0, 0.05) is 37.4 Å². The number of aliphatic imine (C=N–C) groups is 1. The van der Waals surface area contributed by atoms with Crippen molar-refractivity contribution in [2.45, 2.75) is 38.0 Å². The number of halogens is 2. The van der Waals surface area contributed by atoms with Crippen LogP contribution in [0.2, 0.25) is 0 Å². The molecule has 1 aromatic heterocycles. The van der Waals surface area contributed by atoms with Crippen molar-refractivity contribution in [2.24, 2.45) is 4.99 Å². The first-order valence-corrected chi connectivity index (χ1v) is 9.67. The van der Waals surface area contributed by atoms with Gasteiger partial charge in [-0.05, 0) is 30.9 Å². The van der Waals surface area contributed by atoms with Crippen LogP contribution in [0.1, 0.15) is 36.0 Å². The number of hydrogen-bond donors (Lipinski definition) is 2. The summed E-state index contributed by atoms with van der Waals surface area (Å²) >= 11 is 1.71. The average molecular weight is 488 g/mol. The third-order valence-electron chi connectivity index (χ3n) is 4.69. The minimum absolute atomic E-state index is 0. The third-order valence-corrected chi connectivity index (χ3v) is 5.73. The van der Waals surface area contributed by atoms with Crippen LogP contribution >= 0.6 is 35.3 Å². The molecule has 1 heterocycles. The summed E-state index contributed by atoms with van der Waals surface area (Å²) in [7, 11) is 1.76. The maximum absolute atomic E-state index is 14.1. The molecule has 4 nitrogen and oxygen atoms in total. The summed E-state index contributed by atoms with van der Waals surface area (Å²) in [5.74, 6) is 0.647. The lowest BCUT2D eigenvalue weighted by Gasteiger charge is -2.19. The minimum Gasteiger partial charge on any atom is -0.356 e. The van der Waals surface area contributed by atoms with Crippen LogP contribution in [0.5, 0.6) is 0 Å². The van der Waals surface area contributed by atoms with Crippen LogP contribution in [0.3, 0.4) is 0 Å². The van der Waals surface area contributed by atoms with Crippen LogP contribution in [0.25, 0.3) is 0 Å². The van der Waals surface area contributed by atoms with Crippen LogP contribution in [-0.2, 0) is 18.3 Å². The SMILES string of the molecule is CCc1nc(CCNC(=NC)NCC2(c3ccccc3F)CC2)cs1.I. The number of aryl methyl sites for hydroxylation is 1. The Labute approximate surface area is 175 Å². The summed E-state index contributed by atoms with van der Waals surface area (Å²) in [6.07, 6.45) is 3.88. The number of nitrogens with zero attached hydrogens (tertiary/aromatic N) is 2. The topological polar surface area (TPSA) is 49.3 Å². The number of benzene rings is 1. The molecule has 0 saturated heterocycles. The Morgan fingerprint density at radius 3 is 2.69 bits per heavy atom. The molecule has 26 heavy (non-hydrogen) atoms. The zero-order chi connectivity index (χ0) is 17.7. The number of aromatic nitrogens is 1. The number of rotatable bonds is 7. The fourth-order valence-electron chi connectivity index (χ4n) is 2.99. The highest BCUT2D eigenvalue weighted by molar-refractivity contribution is 14.0. The number of thiazole rings is 1. The van der Waals surface area contributed by atoms with E-state index in [-0.39, 0.29) is 35.2 Å². The van der Waals surface area contributed by atoms with Gasteiger partial charge in [0.05, 0.1) is 10.7 Å². The van der Waals surface area contributed by atoms with E-state index in [1.165, 1.54) is 5.01 Å². The smallest absolute Gasteiger partial charge is 0.191 e. The molecule has 1 saturated carbocycles. The normalized spacial score (nSPS) is 15.3. The number of nitrogens with one attached hydrogen (secondary N) is 2. The van der Waals surface area contributed by atoms with Gasteiger partial charge in [-0.2, -0.15) is 0 Å². The molecule has 0 amide bonds. The maximum Gasteiger partial charge on any atom is 0.191 e. The van der Waals surface area contributed by atoms with E-state index in [0.717, 1.165) is 49.4 Å². The average Bonchev–Trinajstić information content (AvgIpc) is 3.27. The maximum atomic E-state index is 14.1. The molecule has 1 aromatic carbocycles. The minimum atomic E-state index is -0.111. The Morgan fingerprint density at radius 1 is 1.31 bits per heavy atom. The van der Waals surface area contributed by atoms with Gasteiger partial charge in [0.2, 0.25) is 0 Å². The molecule has 142 valence electrons. The zero-order valence-corrected chi connectivity index (χ0v) is 18.4. The molecule has 0 unspecified atom stereocenters. The Balaban J connectivity index is 0.00000243. The molecule has 1 aliphatic carbocycles. The Hall–Kier alpha value is -1.22. The molecule has 0 aliphatic heterocycles. The predicted molar refractivity (Wildman–Crippen MR) is 117 cm³/mol. The standard InChI is InChI=1S/C19H25FN4S.HI/c1-3-17-24-14(12-25-17)8-11-22-18(21-2)23-13-19(9-10-19)15-6-4-5-7-16(15)20;/h4-7,12H,3,8-11,13H2,1-2H3,(H2,21,22,23);1H. The quantitative estimate of drug-likeness (QED) is 0.353. The molecule has 2 N–H and O–H groups in total. The van der Waals surface area contributed by atoms with Gasteiger partial charge in [0.15, 0.2) is 5.96 Å². The van der Waals surface area contributed by atoms with E-state index >= 15 is 0 Å². The van der Waals surface area contributed by atoms with Gasteiger partial charge in [0.25, 0.3) is 0 Å². The fraction of sp³-hybridized carbons (Fsp3) is 0.474. The molecule has 3 rings (SSSR count). The van der Waals surface area contributed by atoms with E-state index in [9.17, 15) is 4.39 Å². The second-order valence-electron chi connectivity index (χ2n) is 6.45. The van der Waals surface area contributed by atoms with Gasteiger partial charge in [-0.15, -0.1) is 35.3 Å². The first-order chi connectivity index (χ1) is 12.2. The van der Waals surface area contributed by atoms with Gasteiger partial charge in [-0.3, -0.25) is 4.99 Å². The van der Waals surface area contributed by atoms with Crippen molar-refractivity contribution in [1.82, 2.24) is 15.6 Å². The van der Waals surface area contributed by atoms with Crippen molar-refractivity contribution in [3.05, 3.63) is 51.7 Å². The van der Waals surface area contributed by atoms with Crippen LogP contribution < -0.4 is 10.6 Å². The van der Waals surface area contributed by atoms with Crippen molar-refractivity contribution >= 4 is 41.3 Å². The van der Waals surface area contributed by atoms with Gasteiger partial charge in [-0.1, -0.05) is 25.1 Å². The van der Waals surface area contributed by atoms with Gasteiger partial charge >= 0.3 is 0 Å². The Kier molecular flexibility index (Phi) is 7.82. The summed E-state index contributed by atoms with van der Waals surface area (Å²) in [4.78, 5) is 8.84. The van der Waals surface area contributed by atoms with E-state index in [4.69, 9.17) is 0 Å². The van der Waals surface area contributed by atoms with Crippen LogP contribution in [0, 0.1) is 5.82 Å². The first-order valence-electron chi connectivity index (χ1n) is 8.79. The molecule has 2 aromatic rings. The van der Waals surface area contributed by atoms with Crippen molar-refractivity contribution in [2.75, 3.05) is 20.1 Å². The lowest BCUT2D eigenvalue weighted by atomic mass is 9.95. The molecule has 7 heteroatoms. The van der Waals surface area contributed by atoms with E-state index in [2.05, 4.69) is 32.9 Å². The lowest BCUT2D eigenvalue weighted by Crippen LogP contribution is -2.42. The molecule has 1 fully saturated rings. The van der Waals surface area contributed by atoms with Crippen LogP contribution in [0.15, 0.2) is 34.6 Å². The summed E-state index contributed by atoms with van der Waals surface area (Å²) in [5.41, 5.74) is 1.84.